The van der Waals surface area contributed by atoms with Gasteiger partial charge in [-0.15, -0.1) is 0 Å². The third-order valence-electron chi connectivity index (χ3n) is 3.55. The maximum absolute atomic E-state index is 12.4. The van der Waals surface area contributed by atoms with Crippen LogP contribution in [0.3, 0.4) is 0 Å². The smallest absolute Gasteiger partial charge is 0.246 e. The molecule has 116 valence electrons. The zero-order valence-electron chi connectivity index (χ0n) is 13.3. The molecule has 2 aromatic carbocycles. The fourth-order valence-electron chi connectivity index (χ4n) is 2.47. The molecule has 0 unspecified atom stereocenters. The van der Waals surface area contributed by atoms with Crippen molar-refractivity contribution in [2.24, 2.45) is 0 Å². The molecule has 1 amide bonds. The Morgan fingerprint density at radius 3 is 2.14 bits per heavy atom. The molecular weight excluding hydrogens is 296 g/mol. The SMILES string of the molecule is Cc1cc(C)c(NC(=O)[C@@H](C)Nc2ccc(Cl)cc2)c(C)c1. The van der Waals surface area contributed by atoms with Gasteiger partial charge in [-0.25, -0.2) is 0 Å². The molecule has 0 aliphatic heterocycles. The van der Waals surface area contributed by atoms with E-state index >= 15 is 0 Å². The number of halogens is 1. The summed E-state index contributed by atoms with van der Waals surface area (Å²) in [5.74, 6) is -0.0648. The fourth-order valence-corrected chi connectivity index (χ4v) is 2.60. The van der Waals surface area contributed by atoms with E-state index in [0.29, 0.717) is 5.02 Å². The van der Waals surface area contributed by atoms with E-state index in [1.807, 2.05) is 32.9 Å². The van der Waals surface area contributed by atoms with Crippen LogP contribution in [0.1, 0.15) is 23.6 Å². The van der Waals surface area contributed by atoms with E-state index in [2.05, 4.69) is 29.7 Å². The standard InChI is InChI=1S/C18H21ClN2O/c1-11-9-12(2)17(13(3)10-11)21-18(22)14(4)20-16-7-5-15(19)6-8-16/h5-10,14,20H,1-4H3,(H,21,22)/t14-/m1/s1. The lowest BCUT2D eigenvalue weighted by Crippen LogP contribution is -2.32. The number of carbonyl (C=O) groups excluding carboxylic acids is 1. The number of anilines is 2. The lowest BCUT2D eigenvalue weighted by molar-refractivity contribution is -0.116. The Morgan fingerprint density at radius 1 is 1.05 bits per heavy atom. The minimum Gasteiger partial charge on any atom is -0.374 e. The average molecular weight is 317 g/mol. The van der Waals surface area contributed by atoms with E-state index in [0.717, 1.165) is 22.5 Å². The number of rotatable bonds is 4. The molecule has 0 aromatic heterocycles. The highest BCUT2D eigenvalue weighted by Gasteiger charge is 2.15. The Bertz CT molecular complexity index is 657. The molecular formula is C18H21ClN2O. The van der Waals surface area contributed by atoms with Gasteiger partial charge in [0, 0.05) is 16.4 Å². The van der Waals surface area contributed by atoms with Gasteiger partial charge in [0.15, 0.2) is 0 Å². The monoisotopic (exact) mass is 316 g/mol. The highest BCUT2D eigenvalue weighted by atomic mass is 35.5. The van der Waals surface area contributed by atoms with Crippen LogP contribution < -0.4 is 10.6 Å². The molecule has 0 spiro atoms. The fraction of sp³-hybridized carbons (Fsp3) is 0.278. The minimum atomic E-state index is -0.346. The van der Waals surface area contributed by atoms with Crippen molar-refractivity contribution in [3.63, 3.8) is 0 Å². The molecule has 3 nitrogen and oxygen atoms in total. The molecule has 0 heterocycles. The van der Waals surface area contributed by atoms with Crippen LogP contribution in [0.4, 0.5) is 11.4 Å². The molecule has 0 saturated heterocycles. The summed E-state index contributed by atoms with van der Waals surface area (Å²) < 4.78 is 0. The number of benzene rings is 2. The molecule has 0 aliphatic rings. The van der Waals surface area contributed by atoms with Crippen LogP contribution in [0.2, 0.25) is 5.02 Å². The molecule has 0 aliphatic carbocycles. The first-order valence-corrected chi connectivity index (χ1v) is 7.65. The largest absolute Gasteiger partial charge is 0.374 e. The zero-order chi connectivity index (χ0) is 16.3. The second kappa shape index (κ2) is 6.84. The van der Waals surface area contributed by atoms with E-state index < -0.39 is 0 Å². The van der Waals surface area contributed by atoms with E-state index in [1.54, 1.807) is 12.1 Å². The molecule has 2 aromatic rings. The number of hydrogen-bond acceptors (Lipinski definition) is 2. The number of aryl methyl sites for hydroxylation is 3. The zero-order valence-corrected chi connectivity index (χ0v) is 14.1. The second-order valence-corrected chi connectivity index (χ2v) is 6.07. The Kier molecular flexibility index (Phi) is 5.09. The maximum Gasteiger partial charge on any atom is 0.246 e. The number of amides is 1. The van der Waals surface area contributed by atoms with Crippen LogP contribution >= 0.6 is 11.6 Å². The first-order chi connectivity index (χ1) is 10.4. The Morgan fingerprint density at radius 2 is 1.59 bits per heavy atom. The van der Waals surface area contributed by atoms with Crippen molar-refractivity contribution in [2.45, 2.75) is 33.7 Å². The van der Waals surface area contributed by atoms with Crippen molar-refractivity contribution in [3.05, 3.63) is 58.1 Å². The van der Waals surface area contributed by atoms with Gasteiger partial charge in [-0.1, -0.05) is 29.3 Å². The predicted molar refractivity (Wildman–Crippen MR) is 93.8 cm³/mol. The van der Waals surface area contributed by atoms with Crippen LogP contribution in [0.15, 0.2) is 36.4 Å². The van der Waals surface area contributed by atoms with Gasteiger partial charge in [0.25, 0.3) is 0 Å². The first-order valence-electron chi connectivity index (χ1n) is 7.27. The molecule has 2 rings (SSSR count). The molecule has 0 radical (unpaired) electrons. The van der Waals surface area contributed by atoms with Crippen molar-refractivity contribution < 1.29 is 4.79 Å². The van der Waals surface area contributed by atoms with Crippen LogP contribution in [-0.4, -0.2) is 11.9 Å². The third kappa shape index (κ3) is 4.01. The molecule has 4 heteroatoms. The summed E-state index contributed by atoms with van der Waals surface area (Å²) in [5.41, 5.74) is 5.10. The van der Waals surface area contributed by atoms with Gasteiger partial charge in [0.2, 0.25) is 5.91 Å². The number of hydrogen-bond donors (Lipinski definition) is 2. The normalized spacial score (nSPS) is 11.9. The second-order valence-electron chi connectivity index (χ2n) is 5.64. The van der Waals surface area contributed by atoms with E-state index in [4.69, 9.17) is 11.6 Å². The minimum absolute atomic E-state index is 0.0648. The molecule has 0 bridgehead atoms. The van der Waals surface area contributed by atoms with Crippen molar-refractivity contribution >= 4 is 28.9 Å². The molecule has 0 saturated carbocycles. The summed E-state index contributed by atoms with van der Waals surface area (Å²) in [5, 5.41) is 6.85. The highest BCUT2D eigenvalue weighted by molar-refractivity contribution is 6.30. The van der Waals surface area contributed by atoms with Gasteiger partial charge in [-0.2, -0.15) is 0 Å². The summed E-state index contributed by atoms with van der Waals surface area (Å²) in [4.78, 5) is 12.4. The summed E-state index contributed by atoms with van der Waals surface area (Å²) in [6, 6.07) is 11.1. The van der Waals surface area contributed by atoms with Gasteiger partial charge in [-0.05, 0) is 63.1 Å². The highest BCUT2D eigenvalue weighted by Crippen LogP contribution is 2.22. The quantitative estimate of drug-likeness (QED) is 0.858. The average Bonchev–Trinajstić information content (AvgIpc) is 2.45. The predicted octanol–water partition coefficient (Wildman–Crippen LogP) is 4.70. The van der Waals surface area contributed by atoms with Crippen LogP contribution in [0.25, 0.3) is 0 Å². The lowest BCUT2D eigenvalue weighted by atomic mass is 10.0. The Hall–Kier alpha value is -2.00. The summed E-state index contributed by atoms with van der Waals surface area (Å²) in [6.07, 6.45) is 0. The van der Waals surface area contributed by atoms with Crippen LogP contribution in [0.5, 0.6) is 0 Å². The van der Waals surface area contributed by atoms with Gasteiger partial charge in [-0.3, -0.25) is 4.79 Å². The van der Waals surface area contributed by atoms with Crippen molar-refractivity contribution in [2.75, 3.05) is 10.6 Å². The number of nitrogens with one attached hydrogen (secondary N) is 2. The van der Waals surface area contributed by atoms with Crippen molar-refractivity contribution in [3.8, 4) is 0 Å². The maximum atomic E-state index is 12.4. The van der Waals surface area contributed by atoms with Crippen molar-refractivity contribution in [1.29, 1.82) is 0 Å². The molecule has 2 N–H and O–H groups in total. The van der Waals surface area contributed by atoms with Gasteiger partial charge < -0.3 is 10.6 Å². The molecule has 1 atom stereocenters. The first kappa shape index (κ1) is 16.4. The summed E-state index contributed by atoms with van der Waals surface area (Å²) in [7, 11) is 0. The summed E-state index contributed by atoms with van der Waals surface area (Å²) in [6.45, 7) is 7.90. The van der Waals surface area contributed by atoms with E-state index in [9.17, 15) is 4.79 Å². The summed E-state index contributed by atoms with van der Waals surface area (Å²) >= 11 is 5.86. The van der Waals surface area contributed by atoms with E-state index in [-0.39, 0.29) is 11.9 Å². The van der Waals surface area contributed by atoms with E-state index in [1.165, 1.54) is 5.56 Å². The Balaban J connectivity index is 2.07. The van der Waals surface area contributed by atoms with Gasteiger partial charge in [0.1, 0.15) is 6.04 Å². The Labute approximate surface area is 136 Å². The van der Waals surface area contributed by atoms with Gasteiger partial charge >= 0.3 is 0 Å². The van der Waals surface area contributed by atoms with Crippen molar-refractivity contribution in [1.82, 2.24) is 0 Å². The third-order valence-corrected chi connectivity index (χ3v) is 3.80. The molecule has 22 heavy (non-hydrogen) atoms. The number of carbonyl (C=O) groups is 1. The van der Waals surface area contributed by atoms with Gasteiger partial charge in [0.05, 0.1) is 0 Å². The van der Waals surface area contributed by atoms with Crippen LogP contribution in [0, 0.1) is 20.8 Å². The van der Waals surface area contributed by atoms with Crippen LogP contribution in [-0.2, 0) is 4.79 Å². The lowest BCUT2D eigenvalue weighted by Gasteiger charge is -2.18. The molecule has 0 fully saturated rings. The topological polar surface area (TPSA) is 41.1 Å².